The molecule has 3 aliphatic rings. The minimum atomic E-state index is -0.992. The normalized spacial score (nSPS) is 23.1. The molecule has 166 valence electrons. The summed E-state index contributed by atoms with van der Waals surface area (Å²) >= 11 is 0. The third kappa shape index (κ3) is 4.87. The van der Waals surface area contributed by atoms with Crippen LogP contribution in [0.3, 0.4) is 0 Å². The Labute approximate surface area is 181 Å². The molecule has 1 saturated heterocycles. The van der Waals surface area contributed by atoms with Crippen molar-refractivity contribution < 1.29 is 19.2 Å². The molecule has 1 aromatic carbocycles. The number of nitrogens with one attached hydrogen (secondary N) is 3. The Bertz CT molecular complexity index is 894. The number of amides is 5. The van der Waals surface area contributed by atoms with E-state index in [4.69, 9.17) is 0 Å². The van der Waals surface area contributed by atoms with Gasteiger partial charge in [0.25, 0.3) is 17.7 Å². The molecule has 1 aliphatic heterocycles. The highest BCUT2D eigenvalue weighted by Crippen LogP contribution is 2.28. The minimum Gasteiger partial charge on any atom is -0.349 e. The monoisotopic (exact) mass is 427 g/mol. The molecule has 9 heteroatoms. The van der Waals surface area contributed by atoms with Gasteiger partial charge in [-0.15, -0.1) is 0 Å². The SMILES string of the molecule is CCC1(C)NC(=O)N(NC(=O)CN(Cc2ccc(C(=O)NC3CC3)cc2)C2CC2)C1=O. The van der Waals surface area contributed by atoms with Gasteiger partial charge in [-0.3, -0.25) is 24.7 Å². The molecule has 1 aromatic rings. The van der Waals surface area contributed by atoms with Crippen molar-refractivity contribution in [3.05, 3.63) is 35.4 Å². The summed E-state index contributed by atoms with van der Waals surface area (Å²) in [5.74, 6) is -0.914. The second-order valence-electron chi connectivity index (χ2n) is 8.87. The Hall–Kier alpha value is -2.94. The van der Waals surface area contributed by atoms with Gasteiger partial charge in [-0.05, 0) is 56.7 Å². The molecule has 0 bridgehead atoms. The number of benzene rings is 1. The Morgan fingerprint density at radius 1 is 1.16 bits per heavy atom. The van der Waals surface area contributed by atoms with Crippen LogP contribution >= 0.6 is 0 Å². The minimum absolute atomic E-state index is 0.0555. The fourth-order valence-corrected chi connectivity index (χ4v) is 3.62. The summed E-state index contributed by atoms with van der Waals surface area (Å²) in [6.45, 7) is 4.08. The smallest absolute Gasteiger partial charge is 0.344 e. The number of carbonyl (C=O) groups is 4. The molecule has 4 rings (SSSR count). The standard InChI is InChI=1S/C22H29N5O4/c1-3-22(2)20(30)27(21(31)24-22)25-18(28)13-26(17-10-11-17)12-14-4-6-15(7-5-14)19(29)23-16-8-9-16/h4-7,16-17H,3,8-13H2,1-2H3,(H,23,29)(H,24,31)(H,25,28). The number of urea groups is 1. The van der Waals surface area contributed by atoms with Gasteiger partial charge in [0.15, 0.2) is 0 Å². The number of hydrogen-bond acceptors (Lipinski definition) is 5. The molecule has 0 spiro atoms. The maximum Gasteiger partial charge on any atom is 0.344 e. The quantitative estimate of drug-likeness (QED) is 0.515. The number of nitrogens with zero attached hydrogens (tertiary/aromatic N) is 2. The van der Waals surface area contributed by atoms with Gasteiger partial charge in [0.05, 0.1) is 6.54 Å². The van der Waals surface area contributed by atoms with E-state index in [2.05, 4.69) is 16.1 Å². The second-order valence-corrected chi connectivity index (χ2v) is 8.87. The first-order valence-corrected chi connectivity index (χ1v) is 10.9. The van der Waals surface area contributed by atoms with E-state index in [1.165, 1.54) is 0 Å². The molecule has 31 heavy (non-hydrogen) atoms. The number of carbonyl (C=O) groups excluding carboxylic acids is 4. The van der Waals surface area contributed by atoms with E-state index < -0.39 is 23.4 Å². The van der Waals surface area contributed by atoms with Gasteiger partial charge in [-0.1, -0.05) is 19.1 Å². The fourth-order valence-electron chi connectivity index (χ4n) is 3.62. The first-order valence-electron chi connectivity index (χ1n) is 10.9. The van der Waals surface area contributed by atoms with Crippen LogP contribution in [-0.4, -0.2) is 57.8 Å². The van der Waals surface area contributed by atoms with Crippen molar-refractivity contribution in [1.82, 2.24) is 26.0 Å². The van der Waals surface area contributed by atoms with Crippen molar-refractivity contribution in [2.75, 3.05) is 6.54 Å². The van der Waals surface area contributed by atoms with E-state index in [1.807, 2.05) is 17.0 Å². The van der Waals surface area contributed by atoms with E-state index >= 15 is 0 Å². The molecule has 1 heterocycles. The predicted octanol–water partition coefficient (Wildman–Crippen LogP) is 1.29. The molecule has 5 amide bonds. The molecule has 1 unspecified atom stereocenters. The van der Waals surface area contributed by atoms with Crippen LogP contribution < -0.4 is 16.1 Å². The summed E-state index contributed by atoms with van der Waals surface area (Å²) in [6.07, 6.45) is 4.54. The van der Waals surface area contributed by atoms with Crippen molar-refractivity contribution in [2.24, 2.45) is 0 Å². The molecule has 0 aromatic heterocycles. The fraction of sp³-hybridized carbons (Fsp3) is 0.545. The highest BCUT2D eigenvalue weighted by molar-refractivity contribution is 6.07. The maximum absolute atomic E-state index is 12.6. The highest BCUT2D eigenvalue weighted by Gasteiger charge is 2.47. The topological polar surface area (TPSA) is 111 Å². The van der Waals surface area contributed by atoms with Crippen LogP contribution in [-0.2, 0) is 16.1 Å². The van der Waals surface area contributed by atoms with Crippen molar-refractivity contribution in [1.29, 1.82) is 0 Å². The summed E-state index contributed by atoms with van der Waals surface area (Å²) in [7, 11) is 0. The highest BCUT2D eigenvalue weighted by atomic mass is 16.2. The molecular formula is C22H29N5O4. The van der Waals surface area contributed by atoms with E-state index in [1.54, 1.807) is 26.0 Å². The lowest BCUT2D eigenvalue weighted by molar-refractivity contribution is -0.139. The summed E-state index contributed by atoms with van der Waals surface area (Å²) in [5.41, 5.74) is 3.09. The first kappa shape index (κ1) is 21.3. The molecule has 3 fully saturated rings. The van der Waals surface area contributed by atoms with Crippen LogP contribution in [0.15, 0.2) is 24.3 Å². The summed E-state index contributed by atoms with van der Waals surface area (Å²) < 4.78 is 0. The van der Waals surface area contributed by atoms with Crippen LogP contribution in [0.25, 0.3) is 0 Å². The van der Waals surface area contributed by atoms with Gasteiger partial charge in [0, 0.05) is 24.2 Å². The van der Waals surface area contributed by atoms with Gasteiger partial charge < -0.3 is 10.6 Å². The number of imide groups is 1. The van der Waals surface area contributed by atoms with Crippen molar-refractivity contribution >= 4 is 23.8 Å². The third-order valence-electron chi connectivity index (χ3n) is 6.13. The zero-order valence-electron chi connectivity index (χ0n) is 17.9. The van der Waals surface area contributed by atoms with Crippen LogP contribution in [0, 0.1) is 0 Å². The van der Waals surface area contributed by atoms with Gasteiger partial charge >= 0.3 is 6.03 Å². The average molecular weight is 428 g/mol. The zero-order valence-corrected chi connectivity index (χ0v) is 17.9. The summed E-state index contributed by atoms with van der Waals surface area (Å²) in [4.78, 5) is 51.3. The number of hydrazine groups is 1. The van der Waals surface area contributed by atoms with Crippen LogP contribution in [0.4, 0.5) is 4.79 Å². The predicted molar refractivity (Wildman–Crippen MR) is 113 cm³/mol. The Morgan fingerprint density at radius 3 is 2.39 bits per heavy atom. The van der Waals surface area contributed by atoms with Crippen molar-refractivity contribution in [3.8, 4) is 0 Å². The molecule has 2 saturated carbocycles. The molecule has 3 N–H and O–H groups in total. The maximum atomic E-state index is 12.6. The number of hydrogen-bond donors (Lipinski definition) is 3. The van der Waals surface area contributed by atoms with E-state index in [9.17, 15) is 19.2 Å². The lowest BCUT2D eigenvalue weighted by atomic mass is 10.00. The molecular weight excluding hydrogens is 398 g/mol. The third-order valence-corrected chi connectivity index (χ3v) is 6.13. The van der Waals surface area contributed by atoms with Gasteiger partial charge in [-0.2, -0.15) is 5.01 Å². The Kier molecular flexibility index (Phi) is 5.70. The Balaban J connectivity index is 1.34. The molecule has 2 aliphatic carbocycles. The molecule has 0 radical (unpaired) electrons. The van der Waals surface area contributed by atoms with Crippen LogP contribution in [0.5, 0.6) is 0 Å². The van der Waals surface area contributed by atoms with Crippen LogP contribution in [0.2, 0.25) is 0 Å². The zero-order chi connectivity index (χ0) is 22.2. The van der Waals surface area contributed by atoms with Gasteiger partial charge in [0.1, 0.15) is 5.54 Å². The van der Waals surface area contributed by atoms with E-state index in [0.717, 1.165) is 36.3 Å². The molecule has 1 atom stereocenters. The summed E-state index contributed by atoms with van der Waals surface area (Å²) in [5, 5.41) is 6.37. The van der Waals surface area contributed by atoms with E-state index in [0.29, 0.717) is 30.6 Å². The Morgan fingerprint density at radius 2 is 1.84 bits per heavy atom. The van der Waals surface area contributed by atoms with Crippen LogP contribution in [0.1, 0.15) is 61.9 Å². The lowest BCUT2D eigenvalue weighted by Crippen LogP contribution is -2.51. The van der Waals surface area contributed by atoms with E-state index in [-0.39, 0.29) is 12.5 Å². The molecule has 9 nitrogen and oxygen atoms in total. The van der Waals surface area contributed by atoms with Crippen molar-refractivity contribution in [3.63, 3.8) is 0 Å². The first-order chi connectivity index (χ1) is 14.8. The van der Waals surface area contributed by atoms with Gasteiger partial charge in [-0.25, -0.2) is 4.79 Å². The second kappa shape index (κ2) is 8.30. The average Bonchev–Trinajstić information content (AvgIpc) is 3.65. The van der Waals surface area contributed by atoms with Gasteiger partial charge in [0.2, 0.25) is 0 Å². The van der Waals surface area contributed by atoms with Crippen molar-refractivity contribution in [2.45, 2.75) is 70.1 Å². The number of rotatable bonds is 9. The largest absolute Gasteiger partial charge is 0.349 e. The lowest BCUT2D eigenvalue weighted by Gasteiger charge is -2.23. The summed E-state index contributed by atoms with van der Waals surface area (Å²) in [6, 6.07) is 7.41.